The van der Waals surface area contributed by atoms with Gasteiger partial charge in [0.05, 0.1) is 10.1 Å². The number of likely N-dealkylation sites (tertiary alicyclic amines) is 1. The summed E-state index contributed by atoms with van der Waals surface area (Å²) >= 11 is 3.63. The zero-order valence-corrected chi connectivity index (χ0v) is 12.6. The minimum atomic E-state index is -0.205. The van der Waals surface area contributed by atoms with E-state index in [-0.39, 0.29) is 21.8 Å². The molecule has 0 aromatic heterocycles. The van der Waals surface area contributed by atoms with Crippen LogP contribution in [0.15, 0.2) is 0 Å². The predicted molar refractivity (Wildman–Crippen MR) is 75.5 cm³/mol. The van der Waals surface area contributed by atoms with Gasteiger partial charge in [-0.3, -0.25) is 9.59 Å². The van der Waals surface area contributed by atoms with Gasteiger partial charge in [-0.25, -0.2) is 0 Å². The van der Waals surface area contributed by atoms with Crippen LogP contribution in [-0.2, 0) is 9.59 Å². The van der Waals surface area contributed by atoms with E-state index in [1.807, 2.05) is 18.7 Å². The van der Waals surface area contributed by atoms with Gasteiger partial charge < -0.3 is 4.90 Å². The molecule has 2 atom stereocenters. The zero-order chi connectivity index (χ0) is 13.1. The molecule has 0 saturated carbocycles. The monoisotopic (exact) mass is 275 g/mol. The van der Waals surface area contributed by atoms with E-state index < -0.39 is 0 Å². The summed E-state index contributed by atoms with van der Waals surface area (Å²) in [6.07, 6.45) is 3.37. The van der Waals surface area contributed by atoms with Crippen molar-refractivity contribution in [2.45, 2.75) is 43.7 Å². The summed E-state index contributed by atoms with van der Waals surface area (Å²) in [7, 11) is 0. The van der Waals surface area contributed by atoms with Crippen LogP contribution in [0.1, 0.15) is 33.6 Å². The number of Topliss-reactive ketones (excluding diaryl/α,β-unsaturated/α-hetero) is 1. The van der Waals surface area contributed by atoms with Crippen molar-refractivity contribution >= 4 is 35.2 Å². The Labute approximate surface area is 112 Å². The van der Waals surface area contributed by atoms with Crippen molar-refractivity contribution in [3.63, 3.8) is 0 Å². The van der Waals surface area contributed by atoms with E-state index in [1.54, 1.807) is 23.6 Å². The molecule has 1 aliphatic heterocycles. The number of amides is 1. The van der Waals surface area contributed by atoms with Gasteiger partial charge >= 0.3 is 0 Å². The number of carbonyl (C=O) groups excluding carboxylic acids is 2. The molecule has 5 heteroatoms. The molecule has 0 bridgehead atoms. The second kappa shape index (κ2) is 6.14. The van der Waals surface area contributed by atoms with Gasteiger partial charge in [-0.15, -0.1) is 23.5 Å². The van der Waals surface area contributed by atoms with Crippen LogP contribution in [0.5, 0.6) is 0 Å². The van der Waals surface area contributed by atoms with Crippen molar-refractivity contribution in [3.05, 3.63) is 0 Å². The summed E-state index contributed by atoms with van der Waals surface area (Å²) in [4.78, 5) is 25.3. The van der Waals surface area contributed by atoms with Gasteiger partial charge in [0.15, 0.2) is 5.78 Å². The fourth-order valence-electron chi connectivity index (χ4n) is 2.27. The number of ketones is 1. The summed E-state index contributed by atoms with van der Waals surface area (Å²) in [6.45, 7) is 6.24. The summed E-state index contributed by atoms with van der Waals surface area (Å²) in [6, 6.07) is -0.205. The van der Waals surface area contributed by atoms with Gasteiger partial charge in [-0.2, -0.15) is 0 Å². The largest absolute Gasteiger partial charge is 0.331 e. The number of rotatable bonds is 5. The van der Waals surface area contributed by atoms with E-state index in [2.05, 4.69) is 13.2 Å². The Bertz CT molecular complexity index is 309. The van der Waals surface area contributed by atoms with E-state index in [0.29, 0.717) is 13.0 Å². The maximum Gasteiger partial charge on any atom is 0.220 e. The molecule has 3 nitrogen and oxygen atoms in total. The average Bonchev–Trinajstić information content (AvgIpc) is 2.69. The third kappa shape index (κ3) is 3.19. The first-order chi connectivity index (χ1) is 7.99. The standard InChI is InChI=1S/C12H21NO2S2/c1-5-11(15)10-7-12(16-4,17-6-2)8-13(10)9(3)14/h10H,5-8H2,1-4H3. The van der Waals surface area contributed by atoms with Crippen LogP contribution in [0.25, 0.3) is 0 Å². The first kappa shape index (κ1) is 14.9. The molecule has 0 N–H and O–H groups in total. The Kier molecular flexibility index (Phi) is 5.38. The highest BCUT2D eigenvalue weighted by Gasteiger charge is 2.47. The topological polar surface area (TPSA) is 37.4 Å². The van der Waals surface area contributed by atoms with E-state index in [9.17, 15) is 9.59 Å². The number of hydrogen-bond donors (Lipinski definition) is 0. The Morgan fingerprint density at radius 1 is 1.41 bits per heavy atom. The van der Waals surface area contributed by atoms with E-state index in [0.717, 1.165) is 12.2 Å². The van der Waals surface area contributed by atoms with Gasteiger partial charge in [-0.1, -0.05) is 13.8 Å². The smallest absolute Gasteiger partial charge is 0.220 e. The lowest BCUT2D eigenvalue weighted by Gasteiger charge is -2.25. The van der Waals surface area contributed by atoms with Crippen LogP contribution in [-0.4, -0.2) is 45.3 Å². The molecule has 0 aliphatic carbocycles. The lowest BCUT2D eigenvalue weighted by Crippen LogP contribution is -2.39. The predicted octanol–water partition coefficient (Wildman–Crippen LogP) is 2.40. The minimum Gasteiger partial charge on any atom is -0.331 e. The summed E-state index contributed by atoms with van der Waals surface area (Å²) < 4.78 is 0.00984. The lowest BCUT2D eigenvalue weighted by molar-refractivity contribution is -0.135. The van der Waals surface area contributed by atoms with E-state index in [4.69, 9.17) is 0 Å². The van der Waals surface area contributed by atoms with Crippen LogP contribution < -0.4 is 0 Å². The van der Waals surface area contributed by atoms with Crippen LogP contribution >= 0.6 is 23.5 Å². The van der Waals surface area contributed by atoms with Gasteiger partial charge in [0.2, 0.25) is 5.91 Å². The number of thioether (sulfide) groups is 2. The molecule has 0 radical (unpaired) electrons. The quantitative estimate of drug-likeness (QED) is 0.722. The molecule has 1 rings (SSSR count). The van der Waals surface area contributed by atoms with Crippen LogP contribution in [0.3, 0.4) is 0 Å². The van der Waals surface area contributed by atoms with Crippen molar-refractivity contribution in [2.24, 2.45) is 0 Å². The molecule has 98 valence electrons. The molecule has 1 amide bonds. The second-order valence-electron chi connectivity index (χ2n) is 4.23. The van der Waals surface area contributed by atoms with Crippen molar-refractivity contribution in [1.82, 2.24) is 4.90 Å². The molecule has 1 saturated heterocycles. The molecule has 1 heterocycles. The highest BCUT2D eigenvalue weighted by Crippen LogP contribution is 2.46. The molecular weight excluding hydrogens is 254 g/mol. The average molecular weight is 275 g/mol. The van der Waals surface area contributed by atoms with Gasteiger partial charge in [0, 0.05) is 26.3 Å². The summed E-state index contributed by atoms with van der Waals surface area (Å²) in [5.41, 5.74) is 0. The Balaban J connectivity index is 2.91. The van der Waals surface area contributed by atoms with Crippen LogP contribution in [0.4, 0.5) is 0 Å². The Morgan fingerprint density at radius 3 is 2.47 bits per heavy atom. The Hall–Kier alpha value is -0.160. The highest BCUT2D eigenvalue weighted by molar-refractivity contribution is 8.18. The first-order valence-corrected chi connectivity index (χ1v) is 8.19. The van der Waals surface area contributed by atoms with E-state index >= 15 is 0 Å². The van der Waals surface area contributed by atoms with Crippen molar-refractivity contribution in [1.29, 1.82) is 0 Å². The molecular formula is C12H21NO2S2. The molecule has 0 spiro atoms. The minimum absolute atomic E-state index is 0.00984. The SMILES string of the molecule is CCSC1(SC)CC(C(=O)CC)N(C(C)=O)C1. The fourth-order valence-corrected chi connectivity index (χ4v) is 4.72. The van der Waals surface area contributed by atoms with Crippen molar-refractivity contribution in [3.8, 4) is 0 Å². The number of carbonyl (C=O) groups is 2. The maximum atomic E-state index is 11.9. The maximum absolute atomic E-state index is 11.9. The third-order valence-electron chi connectivity index (χ3n) is 3.20. The molecule has 2 unspecified atom stereocenters. The van der Waals surface area contributed by atoms with Crippen molar-refractivity contribution in [2.75, 3.05) is 18.6 Å². The molecule has 0 aromatic carbocycles. The number of hydrogen-bond acceptors (Lipinski definition) is 4. The summed E-state index contributed by atoms with van der Waals surface area (Å²) in [5.74, 6) is 1.22. The second-order valence-corrected chi connectivity index (χ2v) is 7.33. The lowest BCUT2D eigenvalue weighted by atomic mass is 10.1. The van der Waals surface area contributed by atoms with E-state index in [1.165, 1.54) is 0 Å². The molecule has 1 aliphatic rings. The van der Waals surface area contributed by atoms with Gasteiger partial charge in [0.1, 0.15) is 0 Å². The first-order valence-electron chi connectivity index (χ1n) is 5.98. The molecule has 17 heavy (non-hydrogen) atoms. The zero-order valence-electron chi connectivity index (χ0n) is 11.0. The van der Waals surface area contributed by atoms with Gasteiger partial charge in [-0.05, 0) is 12.0 Å². The van der Waals surface area contributed by atoms with Gasteiger partial charge in [0.25, 0.3) is 0 Å². The molecule has 0 aromatic rings. The Morgan fingerprint density at radius 2 is 2.06 bits per heavy atom. The van der Waals surface area contributed by atoms with Crippen LogP contribution in [0.2, 0.25) is 0 Å². The highest BCUT2D eigenvalue weighted by atomic mass is 32.2. The number of nitrogens with zero attached hydrogens (tertiary/aromatic N) is 1. The van der Waals surface area contributed by atoms with Crippen LogP contribution in [0, 0.1) is 0 Å². The summed E-state index contributed by atoms with van der Waals surface area (Å²) in [5, 5.41) is 0. The normalized spacial score (nSPS) is 28.5. The van der Waals surface area contributed by atoms with Crippen molar-refractivity contribution < 1.29 is 9.59 Å². The molecule has 1 fully saturated rings. The third-order valence-corrected chi connectivity index (χ3v) is 6.20. The fraction of sp³-hybridized carbons (Fsp3) is 0.833.